The van der Waals surface area contributed by atoms with Gasteiger partial charge < -0.3 is 15.2 Å². The molecule has 4 nitrogen and oxygen atoms in total. The first-order valence-electron chi connectivity index (χ1n) is 5.82. The normalized spacial score (nSPS) is 11.9. The summed E-state index contributed by atoms with van der Waals surface area (Å²) in [5, 5.41) is 0. The van der Waals surface area contributed by atoms with E-state index >= 15 is 0 Å². The van der Waals surface area contributed by atoms with E-state index in [1.807, 2.05) is 31.2 Å². The first-order chi connectivity index (χ1) is 8.19. The molecule has 2 N–H and O–H groups in total. The lowest BCUT2D eigenvalue weighted by Gasteiger charge is -2.15. The fourth-order valence-corrected chi connectivity index (χ4v) is 1.58. The molecule has 0 aliphatic rings. The average molecular weight is 237 g/mol. The largest absolute Gasteiger partial charge is 0.494 e. The van der Waals surface area contributed by atoms with Crippen LogP contribution in [0.2, 0.25) is 0 Å². The molecule has 94 valence electrons. The molecule has 0 bridgehead atoms. The second-order valence-electron chi connectivity index (χ2n) is 3.59. The fraction of sp³-hybridized carbons (Fsp3) is 0.462. The Balaban J connectivity index is 2.73. The number of carbonyl (C=O) groups is 1. The predicted octanol–water partition coefficient (Wildman–Crippen LogP) is 2.04. The number of nitrogens with two attached hydrogens (primary N) is 1. The van der Waals surface area contributed by atoms with Crippen molar-refractivity contribution in [2.75, 3.05) is 13.2 Å². The van der Waals surface area contributed by atoms with E-state index in [0.29, 0.717) is 13.2 Å². The molecule has 0 saturated carbocycles. The standard InChI is InChI=1S/C13H19NO3/c1-3-16-12-8-6-5-7-10(12)11(14)9-13(15)17-4-2/h5-8,11H,3-4,9,14H2,1-2H3/t11-/m0/s1. The van der Waals surface area contributed by atoms with Crippen molar-refractivity contribution in [3.8, 4) is 5.75 Å². The van der Waals surface area contributed by atoms with Gasteiger partial charge in [-0.1, -0.05) is 18.2 Å². The Morgan fingerprint density at radius 3 is 2.65 bits per heavy atom. The molecule has 1 aromatic carbocycles. The van der Waals surface area contributed by atoms with E-state index < -0.39 is 6.04 Å². The minimum atomic E-state index is -0.392. The first kappa shape index (κ1) is 13.5. The molecule has 0 radical (unpaired) electrons. The van der Waals surface area contributed by atoms with Crippen molar-refractivity contribution in [1.82, 2.24) is 0 Å². The van der Waals surface area contributed by atoms with Crippen molar-refractivity contribution in [3.63, 3.8) is 0 Å². The summed E-state index contributed by atoms with van der Waals surface area (Å²) < 4.78 is 10.3. The summed E-state index contributed by atoms with van der Waals surface area (Å²) in [7, 11) is 0. The number of ether oxygens (including phenoxy) is 2. The molecule has 4 heteroatoms. The molecule has 1 rings (SSSR count). The monoisotopic (exact) mass is 237 g/mol. The second kappa shape index (κ2) is 6.91. The van der Waals surface area contributed by atoms with E-state index in [-0.39, 0.29) is 12.4 Å². The Bertz CT molecular complexity index is 365. The topological polar surface area (TPSA) is 61.5 Å². The Hall–Kier alpha value is -1.55. The van der Waals surface area contributed by atoms with Crippen LogP contribution in [0.5, 0.6) is 5.75 Å². The average Bonchev–Trinajstić information content (AvgIpc) is 2.30. The van der Waals surface area contributed by atoms with Gasteiger partial charge in [0.25, 0.3) is 0 Å². The zero-order valence-electron chi connectivity index (χ0n) is 10.3. The zero-order valence-corrected chi connectivity index (χ0v) is 10.3. The smallest absolute Gasteiger partial charge is 0.307 e. The highest BCUT2D eigenvalue weighted by Crippen LogP contribution is 2.25. The van der Waals surface area contributed by atoms with Gasteiger partial charge in [0.2, 0.25) is 0 Å². The molecule has 1 aromatic rings. The maximum absolute atomic E-state index is 11.4. The quantitative estimate of drug-likeness (QED) is 0.769. The van der Waals surface area contributed by atoms with Crippen molar-refractivity contribution in [3.05, 3.63) is 29.8 Å². The SMILES string of the molecule is CCOC(=O)C[C@H](N)c1ccccc1OCC. The highest BCUT2D eigenvalue weighted by molar-refractivity contribution is 5.70. The highest BCUT2D eigenvalue weighted by atomic mass is 16.5. The lowest BCUT2D eigenvalue weighted by Crippen LogP contribution is -2.18. The summed E-state index contributed by atoms with van der Waals surface area (Å²) in [4.78, 5) is 11.4. The minimum absolute atomic E-state index is 0.165. The lowest BCUT2D eigenvalue weighted by molar-refractivity contribution is -0.143. The summed E-state index contributed by atoms with van der Waals surface area (Å²) >= 11 is 0. The van der Waals surface area contributed by atoms with Gasteiger partial charge in [-0.3, -0.25) is 4.79 Å². The maximum atomic E-state index is 11.4. The van der Waals surface area contributed by atoms with Crippen molar-refractivity contribution in [2.45, 2.75) is 26.3 Å². The van der Waals surface area contributed by atoms with Crippen LogP contribution >= 0.6 is 0 Å². The highest BCUT2D eigenvalue weighted by Gasteiger charge is 2.16. The van der Waals surface area contributed by atoms with Crippen LogP contribution in [0.1, 0.15) is 31.9 Å². The summed E-state index contributed by atoms with van der Waals surface area (Å²) in [5.41, 5.74) is 6.81. The van der Waals surface area contributed by atoms with Crippen LogP contribution in [0.25, 0.3) is 0 Å². The summed E-state index contributed by atoms with van der Waals surface area (Å²) in [6.07, 6.45) is 0.165. The molecule has 0 saturated heterocycles. The molecule has 17 heavy (non-hydrogen) atoms. The number of benzene rings is 1. The van der Waals surface area contributed by atoms with Crippen LogP contribution in [-0.2, 0) is 9.53 Å². The van der Waals surface area contributed by atoms with Crippen LogP contribution in [0, 0.1) is 0 Å². The van der Waals surface area contributed by atoms with Crippen LogP contribution in [0.3, 0.4) is 0 Å². The van der Waals surface area contributed by atoms with Crippen LogP contribution in [0.4, 0.5) is 0 Å². The Labute approximate surface area is 102 Å². The number of para-hydroxylation sites is 1. The summed E-state index contributed by atoms with van der Waals surface area (Å²) in [6, 6.07) is 7.09. The molecular formula is C13H19NO3. The fourth-order valence-electron chi connectivity index (χ4n) is 1.58. The second-order valence-corrected chi connectivity index (χ2v) is 3.59. The predicted molar refractivity (Wildman–Crippen MR) is 65.8 cm³/mol. The van der Waals surface area contributed by atoms with E-state index in [1.165, 1.54) is 0 Å². The van der Waals surface area contributed by atoms with Crippen molar-refractivity contribution >= 4 is 5.97 Å². The number of carbonyl (C=O) groups excluding carboxylic acids is 1. The van der Waals surface area contributed by atoms with E-state index in [1.54, 1.807) is 6.92 Å². The van der Waals surface area contributed by atoms with Crippen molar-refractivity contribution in [1.29, 1.82) is 0 Å². The van der Waals surface area contributed by atoms with E-state index in [2.05, 4.69) is 0 Å². The zero-order chi connectivity index (χ0) is 12.7. The van der Waals surface area contributed by atoms with Gasteiger partial charge in [0.15, 0.2) is 0 Å². The van der Waals surface area contributed by atoms with Crippen LogP contribution < -0.4 is 10.5 Å². The molecule has 0 aromatic heterocycles. The molecular weight excluding hydrogens is 218 g/mol. The van der Waals surface area contributed by atoms with Crippen molar-refractivity contribution in [2.24, 2.45) is 5.73 Å². The lowest BCUT2D eigenvalue weighted by atomic mass is 10.0. The van der Waals surface area contributed by atoms with E-state index in [4.69, 9.17) is 15.2 Å². The van der Waals surface area contributed by atoms with Crippen molar-refractivity contribution < 1.29 is 14.3 Å². The Morgan fingerprint density at radius 1 is 1.29 bits per heavy atom. The van der Waals surface area contributed by atoms with Gasteiger partial charge in [0.05, 0.1) is 19.6 Å². The molecule has 0 spiro atoms. The molecule has 0 aliphatic carbocycles. The van der Waals surface area contributed by atoms with E-state index in [9.17, 15) is 4.79 Å². The van der Waals surface area contributed by atoms with Gasteiger partial charge in [-0.25, -0.2) is 0 Å². The summed E-state index contributed by atoms with van der Waals surface area (Å²) in [5.74, 6) is 0.443. The van der Waals surface area contributed by atoms with Gasteiger partial charge >= 0.3 is 5.97 Å². The van der Waals surface area contributed by atoms with Gasteiger partial charge in [-0.05, 0) is 19.9 Å². The third kappa shape index (κ3) is 4.07. The van der Waals surface area contributed by atoms with Crippen LogP contribution in [-0.4, -0.2) is 19.2 Å². The maximum Gasteiger partial charge on any atom is 0.307 e. The molecule has 0 unspecified atom stereocenters. The number of hydrogen-bond donors (Lipinski definition) is 1. The molecule has 0 heterocycles. The van der Waals surface area contributed by atoms with Gasteiger partial charge in [0, 0.05) is 11.6 Å². The van der Waals surface area contributed by atoms with Gasteiger partial charge in [-0.15, -0.1) is 0 Å². The van der Waals surface area contributed by atoms with E-state index in [0.717, 1.165) is 11.3 Å². The molecule has 0 amide bonds. The minimum Gasteiger partial charge on any atom is -0.494 e. The molecule has 1 atom stereocenters. The van der Waals surface area contributed by atoms with Gasteiger partial charge in [-0.2, -0.15) is 0 Å². The van der Waals surface area contributed by atoms with Crippen LogP contribution in [0.15, 0.2) is 24.3 Å². The number of hydrogen-bond acceptors (Lipinski definition) is 4. The number of rotatable bonds is 6. The Kier molecular flexibility index (Phi) is 5.49. The third-order valence-electron chi connectivity index (χ3n) is 2.31. The van der Waals surface area contributed by atoms with Gasteiger partial charge in [0.1, 0.15) is 5.75 Å². The molecule has 0 fully saturated rings. The number of esters is 1. The summed E-state index contributed by atoms with van der Waals surface area (Å²) in [6.45, 7) is 4.63. The Morgan fingerprint density at radius 2 is 2.00 bits per heavy atom. The first-order valence-corrected chi connectivity index (χ1v) is 5.82. The third-order valence-corrected chi connectivity index (χ3v) is 2.31. The molecule has 0 aliphatic heterocycles.